The Bertz CT molecular complexity index is 576. The normalized spacial score (nSPS) is 13.5. The Labute approximate surface area is 124 Å². The molecule has 0 bridgehead atoms. The maximum absolute atomic E-state index is 11.9. The predicted octanol–water partition coefficient (Wildman–Crippen LogP) is 1.73. The zero-order valence-corrected chi connectivity index (χ0v) is 14.1. The van der Waals surface area contributed by atoms with Gasteiger partial charge in [-0.25, -0.2) is 13.1 Å². The van der Waals surface area contributed by atoms with E-state index in [0.717, 1.165) is 11.8 Å². The molecule has 5 nitrogen and oxygen atoms in total. The second kappa shape index (κ2) is 6.69. The average molecular weight is 318 g/mol. The number of sulfonamides is 1. The molecule has 0 aliphatic carbocycles. The van der Waals surface area contributed by atoms with Gasteiger partial charge in [-0.2, -0.15) is 0 Å². The maximum atomic E-state index is 11.9. The van der Waals surface area contributed by atoms with Gasteiger partial charge in [0.1, 0.15) is 0 Å². The van der Waals surface area contributed by atoms with Crippen LogP contribution >= 0.6 is 11.3 Å². The fourth-order valence-electron chi connectivity index (χ4n) is 1.98. The van der Waals surface area contributed by atoms with Gasteiger partial charge < -0.3 is 5.32 Å². The van der Waals surface area contributed by atoms with Crippen LogP contribution in [0.25, 0.3) is 0 Å². The van der Waals surface area contributed by atoms with Gasteiger partial charge in [-0.15, -0.1) is 11.3 Å². The Morgan fingerprint density at radius 3 is 2.35 bits per heavy atom. The van der Waals surface area contributed by atoms with Crippen molar-refractivity contribution in [2.75, 3.05) is 12.8 Å². The van der Waals surface area contributed by atoms with Crippen molar-refractivity contribution in [3.8, 4) is 0 Å². The van der Waals surface area contributed by atoms with Crippen LogP contribution in [-0.2, 0) is 14.8 Å². The third kappa shape index (κ3) is 5.22. The van der Waals surface area contributed by atoms with Gasteiger partial charge in [0.15, 0.2) is 0 Å². The molecule has 0 saturated heterocycles. The van der Waals surface area contributed by atoms with Crippen molar-refractivity contribution in [3.05, 3.63) is 21.4 Å². The Hall–Kier alpha value is -0.920. The first kappa shape index (κ1) is 17.1. The first-order chi connectivity index (χ1) is 9.10. The fourth-order valence-corrected chi connectivity index (χ4v) is 3.35. The van der Waals surface area contributed by atoms with Crippen molar-refractivity contribution < 1.29 is 13.2 Å². The van der Waals surface area contributed by atoms with Crippen LogP contribution in [-0.4, -0.2) is 27.1 Å². The highest BCUT2D eigenvalue weighted by atomic mass is 32.2. The van der Waals surface area contributed by atoms with Crippen molar-refractivity contribution in [2.45, 2.75) is 33.7 Å². The molecule has 0 spiro atoms. The first-order valence-corrected chi connectivity index (χ1v) is 9.12. The first-order valence-electron chi connectivity index (χ1n) is 6.41. The number of nitrogens with one attached hydrogen (secondary N) is 2. The molecule has 0 fully saturated rings. The molecule has 20 heavy (non-hydrogen) atoms. The standard InChI is InChI=1S/C13H22N2O3S2/c1-8(2)13(11-6-9(3)19-10(11)4)15-12(16)7-14-20(5,17)18/h6,8,13-14H,7H2,1-5H3,(H,15,16)/t13-/m1/s1. The van der Waals surface area contributed by atoms with Gasteiger partial charge in [0.2, 0.25) is 15.9 Å². The lowest BCUT2D eigenvalue weighted by Gasteiger charge is -2.22. The minimum atomic E-state index is -3.35. The number of thiophene rings is 1. The average Bonchev–Trinajstić information content (AvgIpc) is 2.61. The van der Waals surface area contributed by atoms with Crippen LogP contribution in [0.15, 0.2) is 6.07 Å². The summed E-state index contributed by atoms with van der Waals surface area (Å²) in [5, 5.41) is 2.90. The smallest absolute Gasteiger partial charge is 0.235 e. The van der Waals surface area contributed by atoms with Gasteiger partial charge in [0.05, 0.1) is 18.8 Å². The number of carbonyl (C=O) groups excluding carboxylic acids is 1. The molecule has 0 saturated carbocycles. The highest BCUT2D eigenvalue weighted by Gasteiger charge is 2.21. The number of hydrogen-bond donors (Lipinski definition) is 2. The highest BCUT2D eigenvalue weighted by molar-refractivity contribution is 7.88. The lowest BCUT2D eigenvalue weighted by atomic mass is 9.96. The molecule has 1 rings (SSSR count). The summed E-state index contributed by atoms with van der Waals surface area (Å²) in [4.78, 5) is 14.2. The molecule has 0 radical (unpaired) electrons. The summed E-state index contributed by atoms with van der Waals surface area (Å²) < 4.78 is 24.2. The lowest BCUT2D eigenvalue weighted by Crippen LogP contribution is -2.39. The van der Waals surface area contributed by atoms with Crippen LogP contribution < -0.4 is 10.0 Å². The number of carbonyl (C=O) groups is 1. The third-order valence-electron chi connectivity index (χ3n) is 2.89. The minimum Gasteiger partial charge on any atom is -0.348 e. The molecule has 1 atom stereocenters. The van der Waals surface area contributed by atoms with Crippen LogP contribution in [0, 0.1) is 19.8 Å². The molecule has 1 aromatic heterocycles. The van der Waals surface area contributed by atoms with Crippen LogP contribution in [0.1, 0.15) is 35.2 Å². The molecule has 1 heterocycles. The molecule has 7 heteroatoms. The van der Waals surface area contributed by atoms with Gasteiger partial charge >= 0.3 is 0 Å². The summed E-state index contributed by atoms with van der Waals surface area (Å²) in [6.07, 6.45) is 1.03. The van der Waals surface area contributed by atoms with Crippen LogP contribution in [0.5, 0.6) is 0 Å². The molecule has 114 valence electrons. The van der Waals surface area contributed by atoms with Gasteiger partial charge in [0.25, 0.3) is 0 Å². The van der Waals surface area contributed by atoms with E-state index in [9.17, 15) is 13.2 Å². The second-order valence-electron chi connectivity index (χ2n) is 5.25. The Kier molecular flexibility index (Phi) is 5.73. The molecule has 0 aliphatic heterocycles. The van der Waals surface area contributed by atoms with E-state index in [1.807, 2.05) is 27.7 Å². The SMILES string of the molecule is Cc1cc([C@H](NC(=O)CNS(C)(=O)=O)C(C)C)c(C)s1. The number of hydrogen-bond acceptors (Lipinski definition) is 4. The van der Waals surface area contributed by atoms with Crippen molar-refractivity contribution in [3.63, 3.8) is 0 Å². The van der Waals surface area contributed by atoms with E-state index in [-0.39, 0.29) is 24.4 Å². The number of aryl methyl sites for hydroxylation is 2. The summed E-state index contributed by atoms with van der Waals surface area (Å²) in [5.41, 5.74) is 1.11. The molecular weight excluding hydrogens is 296 g/mol. The van der Waals surface area contributed by atoms with Gasteiger partial charge in [-0.1, -0.05) is 13.8 Å². The summed E-state index contributed by atoms with van der Waals surface area (Å²) in [6, 6.07) is 1.98. The summed E-state index contributed by atoms with van der Waals surface area (Å²) in [5.74, 6) is -0.0951. The van der Waals surface area contributed by atoms with Crippen LogP contribution in [0.3, 0.4) is 0 Å². The highest BCUT2D eigenvalue weighted by Crippen LogP contribution is 2.30. The van der Waals surface area contributed by atoms with E-state index in [1.165, 1.54) is 9.75 Å². The molecule has 0 aromatic carbocycles. The largest absolute Gasteiger partial charge is 0.348 e. The Balaban J connectivity index is 2.79. The fraction of sp³-hybridized carbons (Fsp3) is 0.615. The van der Waals surface area contributed by atoms with Crippen molar-refractivity contribution >= 4 is 27.3 Å². The Morgan fingerprint density at radius 1 is 1.35 bits per heavy atom. The summed E-state index contributed by atoms with van der Waals surface area (Å²) in [7, 11) is -3.35. The number of rotatable bonds is 6. The van der Waals surface area contributed by atoms with E-state index in [2.05, 4.69) is 16.1 Å². The topological polar surface area (TPSA) is 75.3 Å². The van der Waals surface area contributed by atoms with E-state index in [4.69, 9.17) is 0 Å². The van der Waals surface area contributed by atoms with Crippen molar-refractivity contribution in [1.29, 1.82) is 0 Å². The quantitative estimate of drug-likeness (QED) is 0.839. The van der Waals surface area contributed by atoms with Gasteiger partial charge in [-0.3, -0.25) is 4.79 Å². The van der Waals surface area contributed by atoms with Crippen molar-refractivity contribution in [2.24, 2.45) is 5.92 Å². The second-order valence-corrected chi connectivity index (χ2v) is 8.54. The van der Waals surface area contributed by atoms with E-state index >= 15 is 0 Å². The summed E-state index contributed by atoms with van der Waals surface area (Å²) >= 11 is 1.70. The van der Waals surface area contributed by atoms with E-state index in [0.29, 0.717) is 0 Å². The molecular formula is C13H22N2O3S2. The monoisotopic (exact) mass is 318 g/mol. The van der Waals surface area contributed by atoms with Crippen LogP contribution in [0.4, 0.5) is 0 Å². The Morgan fingerprint density at radius 2 is 1.95 bits per heavy atom. The van der Waals surface area contributed by atoms with Gasteiger partial charge in [0, 0.05) is 9.75 Å². The molecule has 1 aromatic rings. The number of amides is 1. The molecule has 2 N–H and O–H groups in total. The zero-order valence-electron chi connectivity index (χ0n) is 12.5. The zero-order chi connectivity index (χ0) is 15.5. The maximum Gasteiger partial charge on any atom is 0.235 e. The lowest BCUT2D eigenvalue weighted by molar-refractivity contribution is -0.121. The van der Waals surface area contributed by atoms with Gasteiger partial charge in [-0.05, 0) is 31.4 Å². The summed E-state index contributed by atoms with van der Waals surface area (Å²) in [6.45, 7) is 7.89. The van der Waals surface area contributed by atoms with E-state index in [1.54, 1.807) is 11.3 Å². The van der Waals surface area contributed by atoms with Crippen LogP contribution in [0.2, 0.25) is 0 Å². The third-order valence-corrected chi connectivity index (χ3v) is 4.54. The molecule has 1 amide bonds. The minimum absolute atomic E-state index is 0.103. The predicted molar refractivity (Wildman–Crippen MR) is 82.4 cm³/mol. The molecule has 0 aliphatic rings. The van der Waals surface area contributed by atoms with Crippen molar-refractivity contribution in [1.82, 2.24) is 10.0 Å². The van der Waals surface area contributed by atoms with E-state index < -0.39 is 10.0 Å². The molecule has 0 unspecified atom stereocenters.